The van der Waals surface area contributed by atoms with Gasteiger partial charge in [-0.3, -0.25) is 4.68 Å². The predicted molar refractivity (Wildman–Crippen MR) is 169 cm³/mol. The molecule has 0 bridgehead atoms. The summed E-state index contributed by atoms with van der Waals surface area (Å²) in [5, 5.41) is 6.33. The van der Waals surface area contributed by atoms with Crippen LogP contribution in [0.1, 0.15) is 72.9 Å². The Morgan fingerprint density at radius 3 is 2.50 bits per heavy atom. The van der Waals surface area contributed by atoms with Crippen LogP contribution >= 0.6 is 0 Å². The van der Waals surface area contributed by atoms with Crippen molar-refractivity contribution >= 4 is 28.9 Å². The Morgan fingerprint density at radius 2 is 1.82 bits per heavy atom. The second-order valence-electron chi connectivity index (χ2n) is 13.5. The minimum atomic E-state index is -4.27. The third kappa shape index (κ3) is 6.50. The molecule has 1 saturated heterocycles. The third-order valence-corrected chi connectivity index (χ3v) is 9.73. The van der Waals surface area contributed by atoms with Gasteiger partial charge in [-0.1, -0.05) is 26.0 Å². The molecular weight excluding hydrogens is 581 g/mol. The molecule has 44 heavy (non-hydrogen) atoms. The van der Waals surface area contributed by atoms with Crippen LogP contribution in [0.5, 0.6) is 5.88 Å². The van der Waals surface area contributed by atoms with E-state index in [2.05, 4.69) is 26.2 Å². The molecule has 236 valence electrons. The average Bonchev–Trinajstić information content (AvgIpc) is 3.62. The Hall–Kier alpha value is -3.42. The molecule has 3 aromatic rings. The zero-order valence-corrected chi connectivity index (χ0v) is 27.5. The first-order chi connectivity index (χ1) is 20.5. The molecule has 1 fully saturated rings. The number of rotatable bonds is 9. The Balaban J connectivity index is 1.32. The van der Waals surface area contributed by atoms with E-state index in [0.717, 1.165) is 41.5 Å². The molecule has 13 heteroatoms. The Bertz CT molecular complexity index is 1650. The van der Waals surface area contributed by atoms with Gasteiger partial charge in [-0.15, -0.1) is 0 Å². The zero-order chi connectivity index (χ0) is 32.1. The smallest absolute Gasteiger partial charge is 0.465 e. The maximum Gasteiger partial charge on any atom is 0.465 e. The molecule has 2 amide bonds. The number of anilines is 1. The molecule has 3 heterocycles. The van der Waals surface area contributed by atoms with Gasteiger partial charge in [-0.25, -0.2) is 14.5 Å². The number of aryl methyl sites for hydroxylation is 1. The highest BCUT2D eigenvalue weighted by molar-refractivity contribution is 7.90. The molecular formula is C31H42BN5O6S. The molecule has 2 aliphatic rings. The van der Waals surface area contributed by atoms with Gasteiger partial charge in [0.05, 0.1) is 23.0 Å². The van der Waals surface area contributed by atoms with Crippen LogP contribution in [0.2, 0.25) is 5.31 Å². The molecule has 0 spiro atoms. The monoisotopic (exact) mass is 623 g/mol. The van der Waals surface area contributed by atoms with Crippen LogP contribution in [-0.4, -0.2) is 53.6 Å². The number of nitrogens with one attached hydrogen (secondary N) is 2. The lowest BCUT2D eigenvalue weighted by molar-refractivity contribution is 0.00578. The van der Waals surface area contributed by atoms with Crippen molar-refractivity contribution in [3.05, 3.63) is 53.9 Å². The summed E-state index contributed by atoms with van der Waals surface area (Å²) in [5.41, 5.74) is 3.26. The number of nitrogens with zero attached hydrogens (tertiary/aromatic N) is 3. The Kier molecular flexibility index (Phi) is 8.36. The van der Waals surface area contributed by atoms with E-state index >= 15 is 0 Å². The quantitative estimate of drug-likeness (QED) is 0.294. The third-order valence-electron chi connectivity index (χ3n) is 8.50. The number of hydrogen-bond acceptors (Lipinski definition) is 8. The summed E-state index contributed by atoms with van der Waals surface area (Å²) in [6.07, 6.45) is 5.78. The first kappa shape index (κ1) is 32.0. The number of sulfonamides is 1. The molecule has 0 atom stereocenters. The second kappa shape index (κ2) is 11.5. The fourth-order valence-electron chi connectivity index (χ4n) is 5.47. The van der Waals surface area contributed by atoms with Gasteiger partial charge in [0.25, 0.3) is 10.0 Å². The number of benzene rings is 1. The average molecular weight is 624 g/mol. The van der Waals surface area contributed by atoms with Crippen molar-refractivity contribution in [1.29, 1.82) is 0 Å². The van der Waals surface area contributed by atoms with Crippen LogP contribution in [0.3, 0.4) is 0 Å². The maximum absolute atomic E-state index is 13.3. The van der Waals surface area contributed by atoms with Gasteiger partial charge in [-0.05, 0) is 89.6 Å². The highest BCUT2D eigenvalue weighted by atomic mass is 32.2. The number of carbonyl (C=O) groups is 1. The molecule has 2 N–H and O–H groups in total. The zero-order valence-electron chi connectivity index (χ0n) is 26.7. The number of ether oxygens (including phenoxy) is 1. The van der Waals surface area contributed by atoms with Crippen molar-refractivity contribution in [3.8, 4) is 17.0 Å². The van der Waals surface area contributed by atoms with E-state index in [1.165, 1.54) is 10.7 Å². The molecule has 11 nitrogen and oxygen atoms in total. The van der Waals surface area contributed by atoms with Crippen LogP contribution < -0.4 is 14.8 Å². The Labute approximate surface area is 260 Å². The first-order valence-electron chi connectivity index (χ1n) is 15.0. The molecule has 5 rings (SSSR count). The lowest BCUT2D eigenvalue weighted by Crippen LogP contribution is -2.41. The fourth-order valence-corrected chi connectivity index (χ4v) is 6.33. The van der Waals surface area contributed by atoms with Gasteiger partial charge in [0.1, 0.15) is 0 Å². The van der Waals surface area contributed by atoms with Gasteiger partial charge in [-0.2, -0.15) is 13.5 Å². The standard InChI is InChI=1S/C31H42BN5O6S/c1-20(2)41-25-18-22(14-16-33-25)24-13-12-21-10-9-11-23(21)27(24)34-28(38)36-44(39,40)26-15-17-37(35-26)19-29(3,4)32-42-30(5,6)31(7,8)43-32/h12-18,20H,9-11,19H2,1-8H3,(H2,34,36,38). The van der Waals surface area contributed by atoms with E-state index in [9.17, 15) is 13.2 Å². The number of aromatic nitrogens is 3. The van der Waals surface area contributed by atoms with Crippen molar-refractivity contribution in [2.75, 3.05) is 5.32 Å². The molecule has 1 aliphatic carbocycles. The topological polar surface area (TPSA) is 134 Å². The summed E-state index contributed by atoms with van der Waals surface area (Å²) in [6.45, 7) is 16.1. The van der Waals surface area contributed by atoms with Gasteiger partial charge in [0.2, 0.25) is 5.88 Å². The van der Waals surface area contributed by atoms with Crippen molar-refractivity contribution < 1.29 is 27.3 Å². The normalized spacial score (nSPS) is 17.5. The van der Waals surface area contributed by atoms with E-state index in [0.29, 0.717) is 18.1 Å². The molecule has 2 aromatic heterocycles. The van der Waals surface area contributed by atoms with E-state index in [-0.39, 0.29) is 11.1 Å². The maximum atomic E-state index is 13.3. The van der Waals surface area contributed by atoms with Crippen LogP contribution in [0.4, 0.5) is 10.5 Å². The minimum absolute atomic E-state index is 0.0513. The predicted octanol–water partition coefficient (Wildman–Crippen LogP) is 5.60. The first-order valence-corrected chi connectivity index (χ1v) is 16.5. The summed E-state index contributed by atoms with van der Waals surface area (Å²) in [6, 6.07) is 8.14. The molecule has 0 saturated carbocycles. The molecule has 0 unspecified atom stereocenters. The number of urea groups is 1. The summed E-state index contributed by atoms with van der Waals surface area (Å²) < 4.78 is 48.4. The second-order valence-corrected chi connectivity index (χ2v) is 15.1. The number of hydrogen-bond donors (Lipinski definition) is 2. The van der Waals surface area contributed by atoms with Gasteiger partial charge in [0.15, 0.2) is 5.03 Å². The molecule has 1 aliphatic heterocycles. The van der Waals surface area contributed by atoms with Gasteiger partial charge in [0, 0.05) is 35.9 Å². The lowest BCUT2D eigenvalue weighted by atomic mass is 9.59. The Morgan fingerprint density at radius 1 is 1.11 bits per heavy atom. The summed E-state index contributed by atoms with van der Waals surface area (Å²) in [5.74, 6) is 0.466. The molecule has 0 radical (unpaired) electrons. The number of amides is 2. The van der Waals surface area contributed by atoms with Crippen molar-refractivity contribution in [1.82, 2.24) is 19.5 Å². The highest BCUT2D eigenvalue weighted by Gasteiger charge is 2.56. The van der Waals surface area contributed by atoms with E-state index in [1.54, 1.807) is 12.4 Å². The van der Waals surface area contributed by atoms with Crippen LogP contribution in [-0.2, 0) is 38.7 Å². The number of carbonyl (C=O) groups excluding carboxylic acids is 1. The van der Waals surface area contributed by atoms with Crippen molar-refractivity contribution in [2.24, 2.45) is 0 Å². The minimum Gasteiger partial charge on any atom is -0.475 e. The fraction of sp³-hybridized carbons (Fsp3) is 0.516. The van der Waals surface area contributed by atoms with E-state index in [4.69, 9.17) is 14.0 Å². The highest BCUT2D eigenvalue weighted by Crippen LogP contribution is 2.45. The van der Waals surface area contributed by atoms with Crippen molar-refractivity contribution in [3.63, 3.8) is 0 Å². The summed E-state index contributed by atoms with van der Waals surface area (Å²) >= 11 is 0. The van der Waals surface area contributed by atoms with Crippen LogP contribution in [0.25, 0.3) is 11.1 Å². The largest absolute Gasteiger partial charge is 0.475 e. The summed E-state index contributed by atoms with van der Waals surface area (Å²) in [4.78, 5) is 17.5. The lowest BCUT2D eigenvalue weighted by Gasteiger charge is -2.32. The number of pyridine rings is 1. The summed E-state index contributed by atoms with van der Waals surface area (Å²) in [7, 11) is -4.79. The SMILES string of the molecule is CC(C)Oc1cc(-c2ccc3c(c2NC(=O)NS(=O)(=O)c2ccn(CC(C)(C)B4OC(C)(C)C(C)(C)O4)n2)CCC3)ccn1. The van der Waals surface area contributed by atoms with Crippen LogP contribution in [0.15, 0.2) is 47.8 Å². The molecule has 1 aromatic carbocycles. The van der Waals surface area contributed by atoms with E-state index in [1.807, 2.05) is 73.6 Å². The van der Waals surface area contributed by atoms with E-state index < -0.39 is 39.7 Å². The number of fused-ring (bicyclic) bond motifs is 1. The van der Waals surface area contributed by atoms with Gasteiger partial charge >= 0.3 is 13.1 Å². The van der Waals surface area contributed by atoms with Crippen molar-refractivity contribution in [2.45, 2.75) is 109 Å². The van der Waals surface area contributed by atoms with Crippen LogP contribution in [0, 0.1) is 0 Å². The van der Waals surface area contributed by atoms with Gasteiger partial charge < -0.3 is 19.4 Å².